The molecule has 0 aliphatic rings. The Morgan fingerprint density at radius 1 is 1.05 bits per heavy atom. The summed E-state index contributed by atoms with van der Waals surface area (Å²) in [5.74, 6) is -0.205. The molecule has 2 rings (SSSR count). The van der Waals surface area contributed by atoms with E-state index in [1.165, 1.54) is 12.1 Å². The Morgan fingerprint density at radius 3 is 2.19 bits per heavy atom. The number of nitrogens with two attached hydrogens (primary N) is 1. The fourth-order valence-electron chi connectivity index (χ4n) is 2.80. The molecule has 0 saturated carbocycles. The summed E-state index contributed by atoms with van der Waals surface area (Å²) in [7, 11) is 0. The fraction of sp³-hybridized carbons (Fsp3) is 0.333. The summed E-state index contributed by atoms with van der Waals surface area (Å²) in [6.45, 7) is 5.70. The van der Waals surface area contributed by atoms with Crippen LogP contribution in [0.4, 0.5) is 10.1 Å². The Balaban J connectivity index is 2.28. The van der Waals surface area contributed by atoms with Crippen LogP contribution >= 0.6 is 0 Å². The summed E-state index contributed by atoms with van der Waals surface area (Å²) in [6, 6.07) is 17.0. The average molecular weight is 286 g/mol. The minimum absolute atomic E-state index is 0.200. The Hall–Kier alpha value is -1.87. The zero-order chi connectivity index (χ0) is 15.3. The van der Waals surface area contributed by atoms with Crippen LogP contribution in [0.3, 0.4) is 0 Å². The van der Waals surface area contributed by atoms with Crippen LogP contribution in [0.1, 0.15) is 19.4 Å². The summed E-state index contributed by atoms with van der Waals surface area (Å²) in [4.78, 5) is 2.32. The number of likely N-dealkylation sites (N-methyl/N-ethyl adjacent to an activating group) is 1. The van der Waals surface area contributed by atoms with Crippen molar-refractivity contribution in [1.82, 2.24) is 0 Å². The molecule has 0 bridgehead atoms. The van der Waals surface area contributed by atoms with Crippen molar-refractivity contribution in [3.63, 3.8) is 0 Å². The maximum absolute atomic E-state index is 13.1. The van der Waals surface area contributed by atoms with E-state index < -0.39 is 0 Å². The molecule has 0 saturated heterocycles. The molecule has 112 valence electrons. The normalized spacial score (nSPS) is 13.7. The Bertz CT molecular complexity index is 553. The van der Waals surface area contributed by atoms with E-state index in [0.717, 1.165) is 24.2 Å². The molecular formula is C18H23FN2. The maximum Gasteiger partial charge on any atom is 0.123 e. The monoisotopic (exact) mass is 286 g/mol. The zero-order valence-corrected chi connectivity index (χ0v) is 12.7. The van der Waals surface area contributed by atoms with Crippen molar-refractivity contribution >= 4 is 5.69 Å². The van der Waals surface area contributed by atoms with Crippen molar-refractivity contribution in [3.05, 3.63) is 66.0 Å². The van der Waals surface area contributed by atoms with Gasteiger partial charge in [-0.1, -0.05) is 30.3 Å². The molecule has 2 aromatic carbocycles. The molecule has 0 spiro atoms. The van der Waals surface area contributed by atoms with Gasteiger partial charge in [0, 0.05) is 18.8 Å². The van der Waals surface area contributed by atoms with E-state index in [-0.39, 0.29) is 11.4 Å². The van der Waals surface area contributed by atoms with Crippen molar-refractivity contribution in [1.29, 1.82) is 0 Å². The average Bonchev–Trinajstić information content (AvgIpc) is 2.51. The van der Waals surface area contributed by atoms with Crippen LogP contribution < -0.4 is 10.6 Å². The molecule has 21 heavy (non-hydrogen) atoms. The first kappa shape index (κ1) is 15.5. The maximum atomic E-state index is 13.1. The topological polar surface area (TPSA) is 29.3 Å². The summed E-state index contributed by atoms with van der Waals surface area (Å²) in [6.07, 6.45) is 0.784. The van der Waals surface area contributed by atoms with E-state index in [9.17, 15) is 4.39 Å². The van der Waals surface area contributed by atoms with Crippen LogP contribution in [0.25, 0.3) is 0 Å². The molecule has 0 amide bonds. The number of para-hydroxylation sites is 1. The van der Waals surface area contributed by atoms with Crippen molar-refractivity contribution < 1.29 is 4.39 Å². The highest BCUT2D eigenvalue weighted by molar-refractivity contribution is 5.49. The van der Waals surface area contributed by atoms with Crippen LogP contribution in [0, 0.1) is 5.82 Å². The van der Waals surface area contributed by atoms with Crippen molar-refractivity contribution in [3.8, 4) is 0 Å². The third-order valence-electron chi connectivity index (χ3n) is 3.97. The van der Waals surface area contributed by atoms with Gasteiger partial charge in [-0.15, -0.1) is 0 Å². The van der Waals surface area contributed by atoms with Gasteiger partial charge < -0.3 is 10.6 Å². The lowest BCUT2D eigenvalue weighted by Crippen LogP contribution is -2.53. The van der Waals surface area contributed by atoms with E-state index in [0.29, 0.717) is 6.54 Å². The van der Waals surface area contributed by atoms with Crippen molar-refractivity contribution in [2.45, 2.75) is 25.8 Å². The minimum atomic E-state index is -0.205. The van der Waals surface area contributed by atoms with Crippen LogP contribution in [-0.4, -0.2) is 18.6 Å². The van der Waals surface area contributed by atoms with Gasteiger partial charge in [0.15, 0.2) is 0 Å². The number of halogens is 1. The number of hydrogen-bond donors (Lipinski definition) is 1. The standard InChI is InChI=1S/C18H23FN2/c1-3-21(17-7-5-4-6-8-17)18(2,14-20)13-15-9-11-16(19)12-10-15/h4-12H,3,13-14,20H2,1-2H3. The summed E-state index contributed by atoms with van der Waals surface area (Å²) >= 11 is 0. The Labute approximate surface area is 126 Å². The smallest absolute Gasteiger partial charge is 0.123 e. The molecule has 0 aromatic heterocycles. The Morgan fingerprint density at radius 2 is 1.67 bits per heavy atom. The van der Waals surface area contributed by atoms with Gasteiger partial charge in [-0.05, 0) is 50.1 Å². The molecule has 2 nitrogen and oxygen atoms in total. The SMILES string of the molecule is CCN(c1ccccc1)C(C)(CN)Cc1ccc(F)cc1. The Kier molecular flexibility index (Phi) is 4.97. The largest absolute Gasteiger partial charge is 0.365 e. The third-order valence-corrected chi connectivity index (χ3v) is 3.97. The van der Waals surface area contributed by atoms with Gasteiger partial charge in [0.1, 0.15) is 5.82 Å². The molecule has 0 aliphatic heterocycles. The number of rotatable bonds is 6. The fourth-order valence-corrected chi connectivity index (χ4v) is 2.80. The second-order valence-electron chi connectivity index (χ2n) is 5.58. The number of nitrogens with zero attached hydrogens (tertiary/aromatic N) is 1. The van der Waals surface area contributed by atoms with Gasteiger partial charge in [0.2, 0.25) is 0 Å². The van der Waals surface area contributed by atoms with E-state index in [1.807, 2.05) is 30.3 Å². The summed E-state index contributed by atoms with van der Waals surface area (Å²) in [5, 5.41) is 0. The highest BCUT2D eigenvalue weighted by atomic mass is 19.1. The summed E-state index contributed by atoms with van der Waals surface area (Å²) < 4.78 is 13.1. The minimum Gasteiger partial charge on any atom is -0.365 e. The lowest BCUT2D eigenvalue weighted by Gasteiger charge is -2.42. The molecular weight excluding hydrogens is 263 g/mol. The molecule has 2 N–H and O–H groups in total. The van der Waals surface area contributed by atoms with Gasteiger partial charge in [-0.2, -0.15) is 0 Å². The molecule has 0 aliphatic carbocycles. The molecule has 2 aromatic rings. The molecule has 0 radical (unpaired) electrons. The van der Waals surface area contributed by atoms with Crippen LogP contribution in [0.2, 0.25) is 0 Å². The lowest BCUT2D eigenvalue weighted by molar-refractivity contribution is 0.432. The molecule has 1 unspecified atom stereocenters. The van der Waals surface area contributed by atoms with Gasteiger partial charge in [-0.3, -0.25) is 0 Å². The van der Waals surface area contributed by atoms with Crippen molar-refractivity contribution in [2.75, 3.05) is 18.0 Å². The third kappa shape index (κ3) is 3.61. The van der Waals surface area contributed by atoms with Gasteiger partial charge in [0.25, 0.3) is 0 Å². The summed E-state index contributed by atoms with van der Waals surface area (Å²) in [5.41, 5.74) is 8.14. The van der Waals surface area contributed by atoms with E-state index in [2.05, 4.69) is 30.9 Å². The second kappa shape index (κ2) is 6.72. The number of anilines is 1. The molecule has 3 heteroatoms. The quantitative estimate of drug-likeness (QED) is 0.879. The predicted octanol–water partition coefficient (Wildman–Crippen LogP) is 3.61. The number of benzene rings is 2. The van der Waals surface area contributed by atoms with Gasteiger partial charge in [-0.25, -0.2) is 4.39 Å². The first-order valence-electron chi connectivity index (χ1n) is 7.36. The highest BCUT2D eigenvalue weighted by Gasteiger charge is 2.30. The zero-order valence-electron chi connectivity index (χ0n) is 12.7. The lowest BCUT2D eigenvalue weighted by atomic mass is 9.90. The van der Waals surface area contributed by atoms with Crippen LogP contribution in [0.15, 0.2) is 54.6 Å². The van der Waals surface area contributed by atoms with Gasteiger partial charge >= 0.3 is 0 Å². The van der Waals surface area contributed by atoms with Crippen molar-refractivity contribution in [2.24, 2.45) is 5.73 Å². The molecule has 0 fully saturated rings. The second-order valence-corrected chi connectivity index (χ2v) is 5.58. The van der Waals surface area contributed by atoms with Gasteiger partial charge in [0.05, 0.1) is 5.54 Å². The van der Waals surface area contributed by atoms with Crippen LogP contribution in [-0.2, 0) is 6.42 Å². The van der Waals surface area contributed by atoms with E-state index in [4.69, 9.17) is 5.73 Å². The first-order valence-corrected chi connectivity index (χ1v) is 7.36. The first-order chi connectivity index (χ1) is 10.1. The molecule has 1 atom stereocenters. The number of hydrogen-bond acceptors (Lipinski definition) is 2. The molecule has 0 heterocycles. The highest BCUT2D eigenvalue weighted by Crippen LogP contribution is 2.26. The van der Waals surface area contributed by atoms with E-state index in [1.54, 1.807) is 0 Å². The van der Waals surface area contributed by atoms with E-state index >= 15 is 0 Å². The van der Waals surface area contributed by atoms with Crippen LogP contribution in [0.5, 0.6) is 0 Å². The predicted molar refractivity (Wildman–Crippen MR) is 87.0 cm³/mol.